The third-order valence-electron chi connectivity index (χ3n) is 8.60. The van der Waals surface area contributed by atoms with Gasteiger partial charge in [0.1, 0.15) is 5.75 Å². The molecule has 3 amide bonds. The highest BCUT2D eigenvalue weighted by Gasteiger charge is 2.41. The summed E-state index contributed by atoms with van der Waals surface area (Å²) in [7, 11) is 0. The molecule has 3 saturated heterocycles. The van der Waals surface area contributed by atoms with E-state index in [9.17, 15) is 14.4 Å². The first-order valence-corrected chi connectivity index (χ1v) is 14.7. The molecule has 0 N–H and O–H groups in total. The van der Waals surface area contributed by atoms with E-state index < -0.39 is 0 Å². The summed E-state index contributed by atoms with van der Waals surface area (Å²) in [5.41, 5.74) is 2.77. The molecular weight excluding hydrogens is 508 g/mol. The maximum absolute atomic E-state index is 13.7. The second-order valence-corrected chi connectivity index (χ2v) is 11.1. The van der Waals surface area contributed by atoms with Crippen LogP contribution in [0.15, 0.2) is 42.5 Å². The van der Waals surface area contributed by atoms with Crippen LogP contribution in [0.2, 0.25) is 0 Å². The third kappa shape index (κ3) is 5.03. The van der Waals surface area contributed by atoms with Crippen LogP contribution < -0.4 is 14.5 Å². The lowest BCUT2D eigenvalue weighted by Crippen LogP contribution is -2.52. The Morgan fingerprint density at radius 3 is 2.48 bits per heavy atom. The van der Waals surface area contributed by atoms with E-state index in [0.29, 0.717) is 50.5 Å². The van der Waals surface area contributed by atoms with E-state index in [-0.39, 0.29) is 29.7 Å². The number of para-hydroxylation sites is 2. The summed E-state index contributed by atoms with van der Waals surface area (Å²) in [5.74, 6) is 0.429. The Labute approximate surface area is 235 Å². The number of anilines is 2. The number of piperazine rings is 1. The van der Waals surface area contributed by atoms with Crippen molar-refractivity contribution in [2.24, 2.45) is 5.92 Å². The highest BCUT2D eigenvalue weighted by molar-refractivity contribution is 6.23. The quantitative estimate of drug-likeness (QED) is 0.492. The number of carbonyl (C=O) groups excluding carboxylic acids is 3. The Bertz CT molecular complexity index is 1270. The summed E-state index contributed by atoms with van der Waals surface area (Å²) in [6.07, 6.45) is 3.43. The van der Waals surface area contributed by atoms with Gasteiger partial charge in [-0.1, -0.05) is 18.2 Å². The van der Waals surface area contributed by atoms with Crippen LogP contribution in [0.1, 0.15) is 53.3 Å². The zero-order chi connectivity index (χ0) is 27.6. The Hall–Kier alpha value is -3.59. The average molecular weight is 547 g/mol. The number of fused-ring (bicyclic) bond motifs is 1. The first-order valence-electron chi connectivity index (χ1n) is 14.7. The van der Waals surface area contributed by atoms with Crippen LogP contribution in [0.4, 0.5) is 11.4 Å². The maximum Gasteiger partial charge on any atom is 0.263 e. The first-order chi connectivity index (χ1) is 19.5. The highest BCUT2D eigenvalue weighted by Crippen LogP contribution is 2.35. The van der Waals surface area contributed by atoms with Crippen molar-refractivity contribution in [3.05, 3.63) is 53.6 Å². The largest absolute Gasteiger partial charge is 0.492 e. The van der Waals surface area contributed by atoms with Gasteiger partial charge in [-0.25, -0.2) is 0 Å². The van der Waals surface area contributed by atoms with E-state index in [1.807, 2.05) is 42.2 Å². The van der Waals surface area contributed by atoms with E-state index >= 15 is 0 Å². The number of nitrogens with zero attached hydrogens (tertiary/aromatic N) is 4. The fourth-order valence-corrected chi connectivity index (χ4v) is 6.56. The molecule has 4 heterocycles. The summed E-state index contributed by atoms with van der Waals surface area (Å²) in [6.45, 7) is 7.75. The molecule has 2 aromatic rings. The number of piperidine rings is 1. The first kappa shape index (κ1) is 26.6. The summed E-state index contributed by atoms with van der Waals surface area (Å²) in [4.78, 5) is 48.0. The van der Waals surface area contributed by atoms with Crippen LogP contribution in [0, 0.1) is 5.92 Å². The Kier molecular flexibility index (Phi) is 7.65. The number of hydrogen-bond donors (Lipinski definition) is 0. The molecule has 0 aliphatic carbocycles. The number of amides is 3. The number of rotatable bonds is 7. The van der Waals surface area contributed by atoms with Gasteiger partial charge >= 0.3 is 0 Å². The zero-order valence-corrected chi connectivity index (χ0v) is 23.2. The average Bonchev–Trinajstić information content (AvgIpc) is 3.60. The van der Waals surface area contributed by atoms with Gasteiger partial charge < -0.3 is 24.2 Å². The molecule has 4 aliphatic rings. The van der Waals surface area contributed by atoms with Crippen LogP contribution >= 0.6 is 0 Å². The van der Waals surface area contributed by atoms with Gasteiger partial charge in [0, 0.05) is 45.9 Å². The van der Waals surface area contributed by atoms with Crippen molar-refractivity contribution in [3.8, 4) is 5.75 Å². The Morgan fingerprint density at radius 2 is 1.70 bits per heavy atom. The molecule has 0 saturated carbocycles. The molecule has 0 spiro atoms. The standard InChI is InChI=1S/C31H38N4O5/c1-2-39-27-13-4-3-11-25(27)32-15-17-33(18-16-32)29(36)22-8-6-14-34(20-22)26-12-5-10-24-28(26)31(38)35(30(24)37)21-23-9-7-19-40-23/h3-5,10-13,22-23H,2,6-9,14-21H2,1H3/t22-,23-/m1/s1. The number of benzene rings is 2. The fraction of sp³-hybridized carbons (Fsp3) is 0.516. The van der Waals surface area contributed by atoms with Crippen LogP contribution in [-0.4, -0.2) is 92.7 Å². The van der Waals surface area contributed by atoms with Crippen LogP contribution in [0.5, 0.6) is 5.75 Å². The van der Waals surface area contributed by atoms with Crippen molar-refractivity contribution < 1.29 is 23.9 Å². The topological polar surface area (TPSA) is 82.6 Å². The minimum Gasteiger partial charge on any atom is -0.492 e. The van der Waals surface area contributed by atoms with Crippen molar-refractivity contribution >= 4 is 29.1 Å². The lowest BCUT2D eigenvalue weighted by molar-refractivity contribution is -0.136. The molecule has 2 atom stereocenters. The molecule has 40 heavy (non-hydrogen) atoms. The van der Waals surface area contributed by atoms with Crippen molar-refractivity contribution in [2.45, 2.75) is 38.7 Å². The Balaban J connectivity index is 1.12. The minimum absolute atomic E-state index is 0.0873. The van der Waals surface area contributed by atoms with Gasteiger partial charge in [-0.05, 0) is 56.9 Å². The van der Waals surface area contributed by atoms with Gasteiger partial charge in [0.25, 0.3) is 11.8 Å². The molecule has 212 valence electrons. The molecule has 9 heteroatoms. The predicted molar refractivity (Wildman–Crippen MR) is 152 cm³/mol. The monoisotopic (exact) mass is 546 g/mol. The van der Waals surface area contributed by atoms with Gasteiger partial charge in [-0.2, -0.15) is 0 Å². The van der Waals surface area contributed by atoms with Crippen LogP contribution in [0.3, 0.4) is 0 Å². The van der Waals surface area contributed by atoms with Crippen molar-refractivity contribution in [2.75, 3.05) is 68.8 Å². The van der Waals surface area contributed by atoms with E-state index in [1.54, 1.807) is 6.07 Å². The number of imide groups is 1. The Morgan fingerprint density at radius 1 is 0.900 bits per heavy atom. The van der Waals surface area contributed by atoms with E-state index in [4.69, 9.17) is 9.47 Å². The number of carbonyl (C=O) groups is 3. The second-order valence-electron chi connectivity index (χ2n) is 11.1. The number of hydrogen-bond acceptors (Lipinski definition) is 7. The third-order valence-corrected chi connectivity index (χ3v) is 8.60. The molecule has 3 fully saturated rings. The molecule has 0 bridgehead atoms. The van der Waals surface area contributed by atoms with Crippen LogP contribution in [0.25, 0.3) is 0 Å². The molecule has 0 radical (unpaired) electrons. The van der Waals surface area contributed by atoms with Gasteiger partial charge in [0.05, 0.1) is 47.7 Å². The molecule has 0 unspecified atom stereocenters. The van der Waals surface area contributed by atoms with Gasteiger partial charge in [-0.3, -0.25) is 19.3 Å². The van der Waals surface area contributed by atoms with Crippen LogP contribution in [-0.2, 0) is 9.53 Å². The highest BCUT2D eigenvalue weighted by atomic mass is 16.5. The molecular formula is C31H38N4O5. The summed E-state index contributed by atoms with van der Waals surface area (Å²) in [6, 6.07) is 13.6. The van der Waals surface area contributed by atoms with E-state index in [1.165, 1.54) is 4.90 Å². The van der Waals surface area contributed by atoms with Crippen molar-refractivity contribution in [1.29, 1.82) is 0 Å². The SMILES string of the molecule is CCOc1ccccc1N1CCN(C(=O)[C@@H]2CCCN(c3cccc4c3C(=O)N(C[C@H]3CCCO3)C4=O)C2)CC1. The van der Waals surface area contributed by atoms with E-state index in [2.05, 4.69) is 15.9 Å². The smallest absolute Gasteiger partial charge is 0.263 e. The zero-order valence-electron chi connectivity index (χ0n) is 23.2. The summed E-state index contributed by atoms with van der Waals surface area (Å²) >= 11 is 0. The van der Waals surface area contributed by atoms with Crippen molar-refractivity contribution in [3.63, 3.8) is 0 Å². The van der Waals surface area contributed by atoms with Gasteiger partial charge in [0.15, 0.2) is 0 Å². The molecule has 2 aromatic carbocycles. The molecule has 9 nitrogen and oxygen atoms in total. The minimum atomic E-state index is -0.247. The molecule has 4 aliphatic heterocycles. The fourth-order valence-electron chi connectivity index (χ4n) is 6.56. The summed E-state index contributed by atoms with van der Waals surface area (Å²) in [5, 5.41) is 0. The van der Waals surface area contributed by atoms with Gasteiger partial charge in [0.2, 0.25) is 5.91 Å². The summed E-state index contributed by atoms with van der Waals surface area (Å²) < 4.78 is 11.5. The lowest BCUT2D eigenvalue weighted by Gasteiger charge is -2.40. The number of ether oxygens (including phenoxy) is 2. The van der Waals surface area contributed by atoms with Gasteiger partial charge in [-0.15, -0.1) is 0 Å². The molecule has 6 rings (SSSR count). The predicted octanol–water partition coefficient (Wildman–Crippen LogP) is 3.43. The van der Waals surface area contributed by atoms with Crippen molar-refractivity contribution in [1.82, 2.24) is 9.80 Å². The second kappa shape index (κ2) is 11.5. The molecule has 0 aromatic heterocycles. The maximum atomic E-state index is 13.7. The normalized spacial score (nSPS) is 23.1. The van der Waals surface area contributed by atoms with E-state index in [0.717, 1.165) is 62.4 Å². The lowest BCUT2D eigenvalue weighted by atomic mass is 9.94.